The van der Waals surface area contributed by atoms with Crippen LogP contribution < -0.4 is 10.1 Å². The zero-order chi connectivity index (χ0) is 11.9. The summed E-state index contributed by atoms with van der Waals surface area (Å²) in [5, 5.41) is 2.73. The van der Waals surface area contributed by atoms with Gasteiger partial charge in [0.2, 0.25) is 0 Å². The van der Waals surface area contributed by atoms with Crippen LogP contribution in [0.15, 0.2) is 54.9 Å². The third-order valence-corrected chi connectivity index (χ3v) is 2.08. The second-order valence-corrected chi connectivity index (χ2v) is 3.39. The normalized spacial score (nSPS) is 9.65. The standard InChI is InChI=1S/C13H12N2O2/c16-13(15-11-4-2-1-3-5-11)10-17-12-6-8-14-9-7-12/h1-9H,10H2,(H,15,16). The van der Waals surface area contributed by atoms with E-state index >= 15 is 0 Å². The van der Waals surface area contributed by atoms with Crippen LogP contribution in [0.25, 0.3) is 0 Å². The Morgan fingerprint density at radius 3 is 2.53 bits per heavy atom. The number of anilines is 1. The predicted octanol–water partition coefficient (Wildman–Crippen LogP) is 2.10. The zero-order valence-electron chi connectivity index (χ0n) is 9.17. The first kappa shape index (κ1) is 11.1. The topological polar surface area (TPSA) is 51.2 Å². The summed E-state index contributed by atoms with van der Waals surface area (Å²) in [6.07, 6.45) is 3.23. The van der Waals surface area contributed by atoms with Crippen molar-refractivity contribution in [2.75, 3.05) is 11.9 Å². The lowest BCUT2D eigenvalue weighted by Crippen LogP contribution is -2.20. The van der Waals surface area contributed by atoms with Gasteiger partial charge in [-0.1, -0.05) is 18.2 Å². The maximum atomic E-state index is 11.5. The zero-order valence-corrected chi connectivity index (χ0v) is 9.17. The molecule has 4 nitrogen and oxygen atoms in total. The highest BCUT2D eigenvalue weighted by molar-refractivity contribution is 5.91. The van der Waals surface area contributed by atoms with E-state index < -0.39 is 0 Å². The van der Waals surface area contributed by atoms with Crippen LogP contribution >= 0.6 is 0 Å². The van der Waals surface area contributed by atoms with Crippen molar-refractivity contribution in [1.82, 2.24) is 4.98 Å². The molecule has 0 unspecified atom stereocenters. The molecule has 0 atom stereocenters. The summed E-state index contributed by atoms with van der Waals surface area (Å²) in [7, 11) is 0. The van der Waals surface area contributed by atoms with Gasteiger partial charge in [0, 0.05) is 18.1 Å². The largest absolute Gasteiger partial charge is 0.484 e. The van der Waals surface area contributed by atoms with E-state index in [-0.39, 0.29) is 12.5 Å². The molecule has 2 rings (SSSR count). The van der Waals surface area contributed by atoms with Crippen molar-refractivity contribution in [3.8, 4) is 5.75 Å². The fourth-order valence-corrected chi connectivity index (χ4v) is 1.30. The lowest BCUT2D eigenvalue weighted by Gasteiger charge is -2.06. The Morgan fingerprint density at radius 1 is 1.12 bits per heavy atom. The van der Waals surface area contributed by atoms with Gasteiger partial charge in [0.15, 0.2) is 6.61 Å². The van der Waals surface area contributed by atoms with Crippen LogP contribution in [-0.4, -0.2) is 17.5 Å². The summed E-state index contributed by atoms with van der Waals surface area (Å²) in [4.78, 5) is 15.4. The molecule has 1 heterocycles. The number of rotatable bonds is 4. The average molecular weight is 228 g/mol. The third-order valence-electron chi connectivity index (χ3n) is 2.08. The molecule has 0 saturated carbocycles. The van der Waals surface area contributed by atoms with Gasteiger partial charge < -0.3 is 10.1 Å². The van der Waals surface area contributed by atoms with Gasteiger partial charge in [-0.2, -0.15) is 0 Å². The van der Waals surface area contributed by atoms with Crippen molar-refractivity contribution in [3.63, 3.8) is 0 Å². The first-order chi connectivity index (χ1) is 8.34. The van der Waals surface area contributed by atoms with Crippen molar-refractivity contribution in [1.29, 1.82) is 0 Å². The molecular weight excluding hydrogens is 216 g/mol. The van der Waals surface area contributed by atoms with Crippen molar-refractivity contribution in [2.24, 2.45) is 0 Å². The second kappa shape index (κ2) is 5.65. The van der Waals surface area contributed by atoms with E-state index in [0.717, 1.165) is 5.69 Å². The van der Waals surface area contributed by atoms with E-state index in [2.05, 4.69) is 10.3 Å². The van der Waals surface area contributed by atoms with E-state index in [0.29, 0.717) is 5.75 Å². The molecule has 1 N–H and O–H groups in total. The molecule has 1 aromatic carbocycles. The number of ether oxygens (including phenoxy) is 1. The van der Waals surface area contributed by atoms with Crippen LogP contribution in [0.4, 0.5) is 5.69 Å². The van der Waals surface area contributed by atoms with Gasteiger partial charge in [-0.25, -0.2) is 0 Å². The van der Waals surface area contributed by atoms with Gasteiger partial charge in [0.1, 0.15) is 5.75 Å². The van der Waals surface area contributed by atoms with Crippen molar-refractivity contribution >= 4 is 11.6 Å². The molecule has 0 saturated heterocycles. The van der Waals surface area contributed by atoms with Crippen LogP contribution in [0.3, 0.4) is 0 Å². The molecule has 86 valence electrons. The fourth-order valence-electron chi connectivity index (χ4n) is 1.30. The highest BCUT2D eigenvalue weighted by Crippen LogP contribution is 2.08. The van der Waals surface area contributed by atoms with Gasteiger partial charge in [0.25, 0.3) is 5.91 Å². The van der Waals surface area contributed by atoms with Crippen LogP contribution in [0.1, 0.15) is 0 Å². The van der Waals surface area contributed by atoms with Gasteiger partial charge in [-0.05, 0) is 24.3 Å². The number of nitrogens with one attached hydrogen (secondary N) is 1. The average Bonchev–Trinajstić information content (AvgIpc) is 2.39. The molecule has 17 heavy (non-hydrogen) atoms. The quantitative estimate of drug-likeness (QED) is 0.871. The van der Waals surface area contributed by atoms with E-state index in [1.54, 1.807) is 24.5 Å². The Kier molecular flexibility index (Phi) is 3.70. The van der Waals surface area contributed by atoms with Crippen LogP contribution in [0.2, 0.25) is 0 Å². The lowest BCUT2D eigenvalue weighted by molar-refractivity contribution is -0.118. The molecule has 0 aliphatic rings. The highest BCUT2D eigenvalue weighted by atomic mass is 16.5. The molecule has 1 amide bonds. The third kappa shape index (κ3) is 3.61. The first-order valence-corrected chi connectivity index (χ1v) is 5.22. The minimum Gasteiger partial charge on any atom is -0.484 e. The smallest absolute Gasteiger partial charge is 0.262 e. The summed E-state index contributed by atoms with van der Waals surface area (Å²) in [6.45, 7) is -0.0150. The summed E-state index contributed by atoms with van der Waals surface area (Å²) in [5.74, 6) is 0.441. The highest BCUT2D eigenvalue weighted by Gasteiger charge is 2.02. The van der Waals surface area contributed by atoms with E-state index in [9.17, 15) is 4.79 Å². The van der Waals surface area contributed by atoms with Gasteiger partial charge in [0.05, 0.1) is 0 Å². The SMILES string of the molecule is O=C(COc1ccncc1)Nc1ccccc1. The summed E-state index contributed by atoms with van der Waals surface area (Å²) in [6, 6.07) is 12.7. The Hall–Kier alpha value is -2.36. The minimum atomic E-state index is -0.187. The van der Waals surface area contributed by atoms with Crippen LogP contribution in [0, 0.1) is 0 Å². The van der Waals surface area contributed by atoms with Gasteiger partial charge >= 0.3 is 0 Å². The second-order valence-electron chi connectivity index (χ2n) is 3.39. The number of hydrogen-bond donors (Lipinski definition) is 1. The molecule has 0 aliphatic heterocycles. The molecule has 0 radical (unpaired) electrons. The number of carbonyl (C=O) groups is 1. The maximum absolute atomic E-state index is 11.5. The molecule has 0 fully saturated rings. The first-order valence-electron chi connectivity index (χ1n) is 5.22. The number of amides is 1. The number of pyridine rings is 1. The van der Waals surface area contributed by atoms with Crippen LogP contribution in [-0.2, 0) is 4.79 Å². The molecular formula is C13H12N2O2. The molecule has 0 aliphatic carbocycles. The number of nitrogens with zero attached hydrogens (tertiary/aromatic N) is 1. The number of para-hydroxylation sites is 1. The lowest BCUT2D eigenvalue weighted by atomic mass is 10.3. The Balaban J connectivity index is 1.83. The summed E-state index contributed by atoms with van der Waals surface area (Å²) >= 11 is 0. The number of aromatic nitrogens is 1. The molecule has 2 aromatic rings. The van der Waals surface area contributed by atoms with Gasteiger partial charge in [-0.3, -0.25) is 9.78 Å². The molecule has 0 bridgehead atoms. The molecule has 0 spiro atoms. The van der Waals surface area contributed by atoms with E-state index in [1.807, 2.05) is 30.3 Å². The van der Waals surface area contributed by atoms with Crippen molar-refractivity contribution in [2.45, 2.75) is 0 Å². The summed E-state index contributed by atoms with van der Waals surface area (Å²) < 4.78 is 5.29. The van der Waals surface area contributed by atoms with E-state index in [1.165, 1.54) is 0 Å². The maximum Gasteiger partial charge on any atom is 0.262 e. The number of carbonyl (C=O) groups excluding carboxylic acids is 1. The number of hydrogen-bond acceptors (Lipinski definition) is 3. The molecule has 4 heteroatoms. The van der Waals surface area contributed by atoms with E-state index in [4.69, 9.17) is 4.74 Å². The van der Waals surface area contributed by atoms with Crippen molar-refractivity contribution in [3.05, 3.63) is 54.9 Å². The summed E-state index contributed by atoms with van der Waals surface area (Å²) in [5.41, 5.74) is 0.760. The number of benzene rings is 1. The van der Waals surface area contributed by atoms with Gasteiger partial charge in [-0.15, -0.1) is 0 Å². The fraction of sp³-hybridized carbons (Fsp3) is 0.0769. The van der Waals surface area contributed by atoms with Crippen LogP contribution in [0.5, 0.6) is 5.75 Å². The Morgan fingerprint density at radius 2 is 1.82 bits per heavy atom. The minimum absolute atomic E-state index is 0.0150. The Labute approximate surface area is 99.3 Å². The molecule has 1 aromatic heterocycles. The Bertz CT molecular complexity index is 471. The van der Waals surface area contributed by atoms with Crippen molar-refractivity contribution < 1.29 is 9.53 Å². The predicted molar refractivity (Wildman–Crippen MR) is 64.8 cm³/mol. The monoisotopic (exact) mass is 228 g/mol.